The van der Waals surface area contributed by atoms with Crippen molar-refractivity contribution in [3.05, 3.63) is 34.9 Å². The van der Waals surface area contributed by atoms with Gasteiger partial charge in [-0.05, 0) is 50.6 Å². The van der Waals surface area contributed by atoms with Crippen LogP contribution in [0.1, 0.15) is 43.4 Å². The smallest absolute Gasteiger partial charge is 0.0242 e. The topological polar surface area (TPSA) is 15.3 Å². The van der Waals surface area contributed by atoms with Gasteiger partial charge in [0.1, 0.15) is 0 Å². The van der Waals surface area contributed by atoms with Crippen molar-refractivity contribution < 1.29 is 0 Å². The van der Waals surface area contributed by atoms with Crippen LogP contribution >= 0.6 is 0 Å². The van der Waals surface area contributed by atoms with Crippen LogP contribution in [0.3, 0.4) is 0 Å². The van der Waals surface area contributed by atoms with E-state index in [0.29, 0.717) is 6.04 Å². The summed E-state index contributed by atoms with van der Waals surface area (Å²) in [5.41, 5.74) is 4.23. The van der Waals surface area contributed by atoms with E-state index in [9.17, 15) is 0 Å². The maximum Gasteiger partial charge on any atom is 0.0242 e. The van der Waals surface area contributed by atoms with Crippen molar-refractivity contribution in [2.24, 2.45) is 5.92 Å². The van der Waals surface area contributed by atoms with Crippen molar-refractivity contribution in [3.8, 4) is 0 Å². The molecule has 0 aliphatic carbocycles. The Kier molecular flexibility index (Phi) is 7.25. The molecule has 0 aliphatic heterocycles. The highest BCUT2D eigenvalue weighted by Crippen LogP contribution is 2.17. The lowest BCUT2D eigenvalue weighted by atomic mass is 9.93. The molecule has 0 aliphatic rings. The minimum absolute atomic E-state index is 0.620. The number of likely N-dealkylation sites (N-methyl/N-ethyl adjacent to an activating group) is 1. The average molecular weight is 276 g/mol. The zero-order valence-electron chi connectivity index (χ0n) is 14.2. The first kappa shape index (κ1) is 17.2. The van der Waals surface area contributed by atoms with Crippen LogP contribution in [0.2, 0.25) is 0 Å². The molecule has 1 atom stereocenters. The normalized spacial score (nSPS) is 13.2. The third-order valence-corrected chi connectivity index (χ3v) is 4.64. The quantitative estimate of drug-likeness (QED) is 0.778. The molecule has 20 heavy (non-hydrogen) atoms. The maximum atomic E-state index is 3.66. The molecular formula is C18H32N2. The van der Waals surface area contributed by atoms with E-state index in [0.717, 1.165) is 19.0 Å². The van der Waals surface area contributed by atoms with Gasteiger partial charge in [0, 0.05) is 19.1 Å². The van der Waals surface area contributed by atoms with Crippen molar-refractivity contribution in [1.82, 2.24) is 10.2 Å². The maximum absolute atomic E-state index is 3.66. The van der Waals surface area contributed by atoms with Gasteiger partial charge in [-0.15, -0.1) is 0 Å². The Morgan fingerprint density at radius 1 is 1.10 bits per heavy atom. The van der Waals surface area contributed by atoms with Crippen molar-refractivity contribution >= 4 is 0 Å². The predicted octanol–water partition coefficient (Wildman–Crippen LogP) is 3.76. The lowest BCUT2D eigenvalue weighted by Crippen LogP contribution is -2.42. The number of nitrogens with zero attached hydrogens (tertiary/aromatic N) is 1. The molecule has 0 bridgehead atoms. The highest BCUT2D eigenvalue weighted by molar-refractivity contribution is 5.32. The molecule has 0 heterocycles. The molecule has 0 aromatic heterocycles. The largest absolute Gasteiger partial charge is 0.311 e. The highest BCUT2D eigenvalue weighted by Gasteiger charge is 2.20. The number of aryl methyl sites for hydroxylation is 1. The molecular weight excluding hydrogens is 244 g/mol. The first-order valence-electron chi connectivity index (χ1n) is 7.93. The van der Waals surface area contributed by atoms with Crippen molar-refractivity contribution in [2.45, 2.75) is 53.1 Å². The molecule has 2 nitrogen and oxygen atoms in total. The van der Waals surface area contributed by atoms with Gasteiger partial charge >= 0.3 is 0 Å². The summed E-state index contributed by atoms with van der Waals surface area (Å²) in [6.45, 7) is 11.0. The molecule has 1 aromatic carbocycles. The molecule has 0 saturated carbocycles. The molecule has 1 aromatic rings. The monoisotopic (exact) mass is 276 g/mol. The molecule has 0 amide bonds. The Hall–Kier alpha value is -0.860. The van der Waals surface area contributed by atoms with E-state index in [1.807, 2.05) is 0 Å². The van der Waals surface area contributed by atoms with Crippen LogP contribution in [-0.2, 0) is 6.54 Å². The second kappa shape index (κ2) is 8.43. The van der Waals surface area contributed by atoms with Crippen LogP contribution < -0.4 is 5.32 Å². The number of hydrogen-bond donors (Lipinski definition) is 1. The minimum Gasteiger partial charge on any atom is -0.311 e. The molecule has 1 N–H and O–H groups in total. The predicted molar refractivity (Wildman–Crippen MR) is 89.2 cm³/mol. The summed E-state index contributed by atoms with van der Waals surface area (Å²) in [5, 5.41) is 3.66. The lowest BCUT2D eigenvalue weighted by Gasteiger charge is -2.31. The van der Waals surface area contributed by atoms with Crippen LogP contribution in [0, 0.1) is 19.8 Å². The van der Waals surface area contributed by atoms with Gasteiger partial charge < -0.3 is 10.2 Å². The Morgan fingerprint density at radius 2 is 1.75 bits per heavy atom. The SMILES string of the molecule is CCC(CC)C(CNCc1cccc(C)c1C)N(C)C. The molecule has 1 unspecified atom stereocenters. The van der Waals surface area contributed by atoms with Crippen LogP contribution in [0.15, 0.2) is 18.2 Å². The molecule has 1 rings (SSSR count). The van der Waals surface area contributed by atoms with Gasteiger partial charge in [0.05, 0.1) is 0 Å². The van der Waals surface area contributed by atoms with Gasteiger partial charge in [-0.1, -0.05) is 44.9 Å². The van der Waals surface area contributed by atoms with E-state index in [2.05, 4.69) is 70.2 Å². The standard InChI is InChI=1S/C18H32N2/c1-7-16(8-2)18(20(5)6)13-19-12-17-11-9-10-14(3)15(17)4/h9-11,16,18-19H,7-8,12-13H2,1-6H3. The van der Waals surface area contributed by atoms with Crippen molar-refractivity contribution in [1.29, 1.82) is 0 Å². The molecule has 2 heteroatoms. The van der Waals surface area contributed by atoms with Crippen LogP contribution in [0.5, 0.6) is 0 Å². The van der Waals surface area contributed by atoms with Gasteiger partial charge in [-0.25, -0.2) is 0 Å². The van der Waals surface area contributed by atoms with Gasteiger partial charge in [-0.2, -0.15) is 0 Å². The fourth-order valence-corrected chi connectivity index (χ4v) is 2.96. The zero-order chi connectivity index (χ0) is 15.1. The molecule has 0 fully saturated rings. The number of hydrogen-bond acceptors (Lipinski definition) is 2. The van der Waals surface area contributed by atoms with Gasteiger partial charge in [0.15, 0.2) is 0 Å². The van der Waals surface area contributed by atoms with Crippen molar-refractivity contribution in [2.75, 3.05) is 20.6 Å². The fourth-order valence-electron chi connectivity index (χ4n) is 2.96. The van der Waals surface area contributed by atoms with E-state index in [4.69, 9.17) is 0 Å². The lowest BCUT2D eigenvalue weighted by molar-refractivity contribution is 0.194. The van der Waals surface area contributed by atoms with E-state index >= 15 is 0 Å². The Morgan fingerprint density at radius 3 is 2.30 bits per heavy atom. The van der Waals surface area contributed by atoms with Gasteiger partial charge in [0.2, 0.25) is 0 Å². The summed E-state index contributed by atoms with van der Waals surface area (Å²) in [4.78, 5) is 2.37. The molecule has 114 valence electrons. The number of benzene rings is 1. The van der Waals surface area contributed by atoms with Crippen LogP contribution in [0.4, 0.5) is 0 Å². The summed E-state index contributed by atoms with van der Waals surface area (Å²) in [6, 6.07) is 7.20. The van der Waals surface area contributed by atoms with Gasteiger partial charge in [-0.3, -0.25) is 0 Å². The van der Waals surface area contributed by atoms with Crippen molar-refractivity contribution in [3.63, 3.8) is 0 Å². The zero-order valence-corrected chi connectivity index (χ0v) is 14.2. The summed E-state index contributed by atoms with van der Waals surface area (Å²) in [7, 11) is 4.39. The Bertz CT molecular complexity index is 394. The third kappa shape index (κ3) is 4.60. The van der Waals surface area contributed by atoms with Gasteiger partial charge in [0.25, 0.3) is 0 Å². The van der Waals surface area contributed by atoms with E-state index in [1.165, 1.54) is 29.5 Å². The summed E-state index contributed by atoms with van der Waals surface area (Å²) < 4.78 is 0. The highest BCUT2D eigenvalue weighted by atomic mass is 15.1. The fraction of sp³-hybridized carbons (Fsp3) is 0.667. The summed E-state index contributed by atoms with van der Waals surface area (Å²) >= 11 is 0. The van der Waals surface area contributed by atoms with E-state index < -0.39 is 0 Å². The minimum atomic E-state index is 0.620. The Balaban J connectivity index is 2.58. The van der Waals surface area contributed by atoms with E-state index in [-0.39, 0.29) is 0 Å². The molecule has 0 radical (unpaired) electrons. The Labute approximate surface area is 125 Å². The molecule has 0 saturated heterocycles. The van der Waals surface area contributed by atoms with E-state index in [1.54, 1.807) is 0 Å². The van der Waals surface area contributed by atoms with Crippen LogP contribution in [-0.4, -0.2) is 31.6 Å². The average Bonchev–Trinajstić information content (AvgIpc) is 2.42. The summed E-state index contributed by atoms with van der Waals surface area (Å²) in [6.07, 6.45) is 2.51. The first-order chi connectivity index (χ1) is 9.51. The second-order valence-electron chi connectivity index (χ2n) is 6.10. The second-order valence-corrected chi connectivity index (χ2v) is 6.10. The first-order valence-corrected chi connectivity index (χ1v) is 7.93. The number of rotatable bonds is 8. The summed E-state index contributed by atoms with van der Waals surface area (Å²) in [5.74, 6) is 0.774. The third-order valence-electron chi connectivity index (χ3n) is 4.64. The molecule has 0 spiro atoms. The van der Waals surface area contributed by atoms with Crippen LogP contribution in [0.25, 0.3) is 0 Å². The number of nitrogens with one attached hydrogen (secondary N) is 1.